The first kappa shape index (κ1) is 11.9. The van der Waals surface area contributed by atoms with E-state index in [0.29, 0.717) is 19.0 Å². The van der Waals surface area contributed by atoms with Crippen molar-refractivity contribution in [3.63, 3.8) is 0 Å². The van der Waals surface area contributed by atoms with Crippen LogP contribution in [-0.4, -0.2) is 59.6 Å². The van der Waals surface area contributed by atoms with Gasteiger partial charge in [0.15, 0.2) is 0 Å². The number of likely N-dealkylation sites (tertiary alicyclic amines) is 1. The topological polar surface area (TPSA) is 43.8 Å². The first-order valence-corrected chi connectivity index (χ1v) is 6.33. The van der Waals surface area contributed by atoms with Gasteiger partial charge in [-0.1, -0.05) is 12.8 Å². The molecule has 1 unspecified atom stereocenters. The zero-order chi connectivity index (χ0) is 11.5. The summed E-state index contributed by atoms with van der Waals surface area (Å²) in [6.45, 7) is 2.23. The maximum Gasteiger partial charge on any atom is 0.225 e. The van der Waals surface area contributed by atoms with E-state index in [4.69, 9.17) is 0 Å². The van der Waals surface area contributed by atoms with Gasteiger partial charge in [0.05, 0.1) is 12.5 Å². The third-order valence-electron chi connectivity index (χ3n) is 3.86. The molecule has 0 aromatic heterocycles. The molecule has 0 spiro atoms. The summed E-state index contributed by atoms with van der Waals surface area (Å²) in [7, 11) is 2.15. The van der Waals surface area contributed by atoms with Crippen molar-refractivity contribution in [2.45, 2.75) is 44.2 Å². The molecule has 2 aliphatic rings. The fraction of sp³-hybridized carbons (Fsp3) is 0.917. The number of hydrogen-bond donors (Lipinski definition) is 1. The van der Waals surface area contributed by atoms with Crippen LogP contribution in [0, 0.1) is 0 Å². The number of likely N-dealkylation sites (N-methyl/N-ethyl adjacent to an activating group) is 1. The third kappa shape index (κ3) is 2.74. The lowest BCUT2D eigenvalue weighted by Crippen LogP contribution is -2.38. The average Bonchev–Trinajstić information content (AvgIpc) is 2.84. The Morgan fingerprint density at radius 2 is 2.12 bits per heavy atom. The molecule has 16 heavy (non-hydrogen) atoms. The maximum absolute atomic E-state index is 11.5. The highest BCUT2D eigenvalue weighted by atomic mass is 16.3. The van der Waals surface area contributed by atoms with Crippen molar-refractivity contribution < 1.29 is 9.90 Å². The quantitative estimate of drug-likeness (QED) is 0.757. The number of hydrogen-bond acceptors (Lipinski definition) is 3. The number of aliphatic hydroxyl groups excluding tert-OH is 1. The zero-order valence-corrected chi connectivity index (χ0v) is 10.1. The molecule has 2 fully saturated rings. The summed E-state index contributed by atoms with van der Waals surface area (Å²) >= 11 is 0. The van der Waals surface area contributed by atoms with Gasteiger partial charge in [-0.25, -0.2) is 0 Å². The minimum atomic E-state index is -0.440. The number of carbonyl (C=O) groups is 1. The highest BCUT2D eigenvalue weighted by Crippen LogP contribution is 2.22. The van der Waals surface area contributed by atoms with Gasteiger partial charge in [-0.15, -0.1) is 0 Å². The second kappa shape index (κ2) is 5.15. The van der Waals surface area contributed by atoms with Crippen molar-refractivity contribution in [2.24, 2.45) is 0 Å². The summed E-state index contributed by atoms with van der Waals surface area (Å²) in [5, 5.41) is 9.37. The Bertz CT molecular complexity index is 251. The van der Waals surface area contributed by atoms with Gasteiger partial charge in [-0.05, 0) is 19.9 Å². The highest BCUT2D eigenvalue weighted by Gasteiger charge is 2.28. The Labute approximate surface area is 97.2 Å². The van der Waals surface area contributed by atoms with Crippen LogP contribution in [0.4, 0.5) is 0 Å². The second-order valence-electron chi connectivity index (χ2n) is 5.12. The number of amides is 1. The van der Waals surface area contributed by atoms with Crippen molar-refractivity contribution in [1.82, 2.24) is 9.80 Å². The molecular weight excluding hydrogens is 204 g/mol. The predicted molar refractivity (Wildman–Crippen MR) is 62.1 cm³/mol. The number of aliphatic hydroxyl groups is 1. The molecule has 1 aliphatic heterocycles. The van der Waals surface area contributed by atoms with Crippen LogP contribution in [0.15, 0.2) is 0 Å². The molecule has 1 N–H and O–H groups in total. The van der Waals surface area contributed by atoms with E-state index in [9.17, 15) is 9.90 Å². The van der Waals surface area contributed by atoms with Crippen LogP contribution < -0.4 is 0 Å². The van der Waals surface area contributed by atoms with E-state index < -0.39 is 6.10 Å². The van der Waals surface area contributed by atoms with Crippen LogP contribution in [0.25, 0.3) is 0 Å². The summed E-state index contributed by atoms with van der Waals surface area (Å²) in [5.41, 5.74) is 0. The molecule has 1 aliphatic carbocycles. The maximum atomic E-state index is 11.5. The van der Waals surface area contributed by atoms with Crippen molar-refractivity contribution in [3.8, 4) is 0 Å². The van der Waals surface area contributed by atoms with Crippen LogP contribution in [0.5, 0.6) is 0 Å². The summed E-state index contributed by atoms with van der Waals surface area (Å²) in [5.74, 6) is 0.104. The summed E-state index contributed by atoms with van der Waals surface area (Å²) < 4.78 is 0. The van der Waals surface area contributed by atoms with E-state index in [1.807, 2.05) is 0 Å². The second-order valence-corrected chi connectivity index (χ2v) is 5.12. The fourth-order valence-electron chi connectivity index (χ4n) is 2.77. The van der Waals surface area contributed by atoms with Gasteiger partial charge in [0.2, 0.25) is 5.91 Å². The molecule has 1 saturated carbocycles. The first-order chi connectivity index (χ1) is 7.66. The molecule has 1 amide bonds. The normalized spacial score (nSPS) is 27.3. The molecule has 2 rings (SSSR count). The number of rotatable bonds is 4. The highest BCUT2D eigenvalue weighted by molar-refractivity contribution is 5.78. The number of carbonyl (C=O) groups excluding carboxylic acids is 1. The Balaban J connectivity index is 1.72. The van der Waals surface area contributed by atoms with E-state index in [1.54, 1.807) is 4.90 Å². The average molecular weight is 226 g/mol. The van der Waals surface area contributed by atoms with Gasteiger partial charge in [-0.3, -0.25) is 4.79 Å². The SMILES string of the molecule is CN(CCN1CC(O)CC1=O)C1CCCC1. The van der Waals surface area contributed by atoms with Crippen molar-refractivity contribution in [3.05, 3.63) is 0 Å². The molecule has 0 bridgehead atoms. The van der Waals surface area contributed by atoms with Crippen LogP contribution in [-0.2, 0) is 4.79 Å². The molecule has 0 aromatic rings. The van der Waals surface area contributed by atoms with Crippen LogP contribution in [0.1, 0.15) is 32.1 Å². The van der Waals surface area contributed by atoms with Crippen molar-refractivity contribution >= 4 is 5.91 Å². The van der Waals surface area contributed by atoms with Gasteiger partial charge in [0, 0.05) is 25.7 Å². The first-order valence-electron chi connectivity index (χ1n) is 6.33. The van der Waals surface area contributed by atoms with Gasteiger partial charge in [0.25, 0.3) is 0 Å². The van der Waals surface area contributed by atoms with Crippen molar-refractivity contribution in [2.75, 3.05) is 26.7 Å². The Hall–Kier alpha value is -0.610. The molecule has 0 radical (unpaired) electrons. The van der Waals surface area contributed by atoms with Crippen LogP contribution >= 0.6 is 0 Å². The van der Waals surface area contributed by atoms with Gasteiger partial charge < -0.3 is 14.9 Å². The minimum Gasteiger partial charge on any atom is -0.391 e. The monoisotopic (exact) mass is 226 g/mol. The van der Waals surface area contributed by atoms with E-state index in [-0.39, 0.29) is 5.91 Å². The molecule has 0 aromatic carbocycles. The minimum absolute atomic E-state index is 0.104. The summed E-state index contributed by atoms with van der Waals surface area (Å²) in [4.78, 5) is 15.6. The van der Waals surface area contributed by atoms with E-state index in [0.717, 1.165) is 13.1 Å². The predicted octanol–water partition coefficient (Wildman–Crippen LogP) is 0.454. The Morgan fingerprint density at radius 1 is 1.44 bits per heavy atom. The lowest BCUT2D eigenvalue weighted by Gasteiger charge is -2.26. The Kier molecular flexibility index (Phi) is 3.82. The Morgan fingerprint density at radius 3 is 2.69 bits per heavy atom. The molecule has 1 heterocycles. The van der Waals surface area contributed by atoms with Crippen LogP contribution in [0.3, 0.4) is 0 Å². The molecule has 1 saturated heterocycles. The standard InChI is InChI=1S/C12H22N2O2/c1-13(10-4-2-3-5-10)6-7-14-9-11(15)8-12(14)16/h10-11,15H,2-9H2,1H3. The molecule has 4 heteroatoms. The largest absolute Gasteiger partial charge is 0.391 e. The van der Waals surface area contributed by atoms with E-state index in [2.05, 4.69) is 11.9 Å². The summed E-state index contributed by atoms with van der Waals surface area (Å²) in [6, 6.07) is 0.711. The number of β-amino-alcohol motifs (C(OH)–C–C–N with tert-alkyl or cyclic N) is 1. The smallest absolute Gasteiger partial charge is 0.225 e. The van der Waals surface area contributed by atoms with Gasteiger partial charge in [-0.2, -0.15) is 0 Å². The zero-order valence-electron chi connectivity index (χ0n) is 10.1. The van der Waals surface area contributed by atoms with Crippen molar-refractivity contribution in [1.29, 1.82) is 0 Å². The molecular formula is C12H22N2O2. The molecule has 4 nitrogen and oxygen atoms in total. The molecule has 92 valence electrons. The van der Waals surface area contributed by atoms with Gasteiger partial charge in [0.1, 0.15) is 0 Å². The summed E-state index contributed by atoms with van der Waals surface area (Å²) in [6.07, 6.45) is 5.16. The number of nitrogens with zero attached hydrogens (tertiary/aromatic N) is 2. The fourth-order valence-corrected chi connectivity index (χ4v) is 2.77. The van der Waals surface area contributed by atoms with Crippen LogP contribution in [0.2, 0.25) is 0 Å². The third-order valence-corrected chi connectivity index (χ3v) is 3.86. The lowest BCUT2D eigenvalue weighted by molar-refractivity contribution is -0.128. The van der Waals surface area contributed by atoms with E-state index >= 15 is 0 Å². The van der Waals surface area contributed by atoms with Gasteiger partial charge >= 0.3 is 0 Å². The van der Waals surface area contributed by atoms with E-state index in [1.165, 1.54) is 25.7 Å². The molecule has 1 atom stereocenters. The lowest BCUT2D eigenvalue weighted by atomic mass is 10.2.